The molecule has 4 rings (SSSR count). The summed E-state index contributed by atoms with van der Waals surface area (Å²) in [6.07, 6.45) is 0. The minimum Gasteiger partial charge on any atom is -0.324 e. The maximum Gasteiger partial charge on any atom is 0.257 e. The number of hydrogen-bond donors (Lipinski definition) is 2. The fourth-order valence-electron chi connectivity index (χ4n) is 2.88. The average Bonchev–Trinajstić information content (AvgIpc) is 3.13. The molecule has 1 unspecified atom stereocenters. The molecule has 0 fully saturated rings. The number of thioether (sulfide) groups is 1. The lowest BCUT2D eigenvalue weighted by Crippen LogP contribution is -2.26. The summed E-state index contributed by atoms with van der Waals surface area (Å²) < 4.78 is 0. The summed E-state index contributed by atoms with van der Waals surface area (Å²) in [6.45, 7) is 6.01. The fourth-order valence-corrected chi connectivity index (χ4v) is 4.53. The molecule has 1 aliphatic rings. The predicted octanol–water partition coefficient (Wildman–Crippen LogP) is 5.11. The fraction of sp³-hybridized carbons (Fsp3) is 0.190. The lowest BCUT2D eigenvalue weighted by atomic mass is 10.1. The van der Waals surface area contributed by atoms with Crippen molar-refractivity contribution in [3.8, 4) is 11.3 Å². The van der Waals surface area contributed by atoms with Crippen LogP contribution in [0.3, 0.4) is 0 Å². The Morgan fingerprint density at radius 2 is 1.96 bits per heavy atom. The van der Waals surface area contributed by atoms with Crippen LogP contribution in [0.15, 0.2) is 46.7 Å². The van der Waals surface area contributed by atoms with Crippen molar-refractivity contribution in [3.05, 3.63) is 58.5 Å². The van der Waals surface area contributed by atoms with Gasteiger partial charge in [-0.1, -0.05) is 12.1 Å². The number of carbonyl (C=O) groups is 2. The van der Waals surface area contributed by atoms with Crippen molar-refractivity contribution in [2.24, 2.45) is 0 Å². The molecule has 0 radical (unpaired) electrons. The molecular formula is C21H19N3O2S2. The van der Waals surface area contributed by atoms with E-state index in [0.717, 1.165) is 16.2 Å². The van der Waals surface area contributed by atoms with Crippen molar-refractivity contribution in [3.63, 3.8) is 0 Å². The van der Waals surface area contributed by atoms with Gasteiger partial charge >= 0.3 is 0 Å². The first-order valence-electron chi connectivity index (χ1n) is 8.87. The maximum absolute atomic E-state index is 12.6. The van der Waals surface area contributed by atoms with Gasteiger partial charge in [0, 0.05) is 21.4 Å². The number of carbonyl (C=O) groups excluding carboxylic acids is 2. The molecule has 5 nitrogen and oxygen atoms in total. The molecule has 2 amide bonds. The Hall–Kier alpha value is -2.64. The van der Waals surface area contributed by atoms with Gasteiger partial charge < -0.3 is 5.32 Å². The Labute approximate surface area is 171 Å². The number of thiazole rings is 1. The molecule has 0 spiro atoms. The highest BCUT2D eigenvalue weighted by molar-refractivity contribution is 8.00. The van der Waals surface area contributed by atoms with Crippen molar-refractivity contribution >= 4 is 45.7 Å². The monoisotopic (exact) mass is 409 g/mol. The van der Waals surface area contributed by atoms with Crippen LogP contribution in [0.25, 0.3) is 11.3 Å². The lowest BCUT2D eigenvalue weighted by molar-refractivity contribution is -0.115. The second kappa shape index (κ2) is 7.41. The zero-order valence-electron chi connectivity index (χ0n) is 15.7. The van der Waals surface area contributed by atoms with Gasteiger partial charge in [0.25, 0.3) is 5.91 Å². The summed E-state index contributed by atoms with van der Waals surface area (Å²) in [6, 6.07) is 11.5. The number of fused-ring (bicyclic) bond motifs is 1. The molecule has 1 atom stereocenters. The minimum atomic E-state index is -0.248. The van der Waals surface area contributed by atoms with E-state index in [1.807, 2.05) is 24.4 Å². The zero-order chi connectivity index (χ0) is 19.8. The highest BCUT2D eigenvalue weighted by Gasteiger charge is 2.24. The molecule has 0 saturated carbocycles. The van der Waals surface area contributed by atoms with Gasteiger partial charge in [-0.3, -0.25) is 14.9 Å². The number of aromatic nitrogens is 1. The first kappa shape index (κ1) is 18.7. The Bertz CT molecular complexity index is 1090. The molecule has 2 N–H and O–H groups in total. The summed E-state index contributed by atoms with van der Waals surface area (Å²) in [5, 5.41) is 8.05. The highest BCUT2D eigenvalue weighted by Crippen LogP contribution is 2.36. The number of hydrogen-bond acceptors (Lipinski definition) is 5. The van der Waals surface area contributed by atoms with Crippen LogP contribution in [0.2, 0.25) is 0 Å². The molecule has 142 valence electrons. The van der Waals surface area contributed by atoms with Crippen molar-refractivity contribution in [1.29, 1.82) is 0 Å². The van der Waals surface area contributed by atoms with Gasteiger partial charge in [-0.05, 0) is 56.2 Å². The normalized spacial score (nSPS) is 15.7. The number of aryl methyl sites for hydroxylation is 2. The van der Waals surface area contributed by atoms with E-state index in [4.69, 9.17) is 0 Å². The van der Waals surface area contributed by atoms with Gasteiger partial charge in [-0.25, -0.2) is 4.98 Å². The summed E-state index contributed by atoms with van der Waals surface area (Å²) >= 11 is 2.88. The van der Waals surface area contributed by atoms with E-state index >= 15 is 0 Å². The molecule has 2 heterocycles. The Morgan fingerprint density at radius 3 is 2.75 bits per heavy atom. The van der Waals surface area contributed by atoms with Gasteiger partial charge in [0.15, 0.2) is 5.13 Å². The standard InChI is InChI=1S/C21H19N3O2S2/c1-11-4-5-14(8-12(11)2)17-10-27-21(23-17)24-20(26)15-6-7-18-16(9-15)22-19(25)13(3)28-18/h4-10,13H,1-3H3,(H,22,25)(H,23,24,26). The molecule has 7 heteroatoms. The van der Waals surface area contributed by atoms with E-state index < -0.39 is 0 Å². The summed E-state index contributed by atoms with van der Waals surface area (Å²) in [4.78, 5) is 30.0. The molecule has 2 aromatic carbocycles. The van der Waals surface area contributed by atoms with Gasteiger partial charge in [-0.2, -0.15) is 0 Å². The van der Waals surface area contributed by atoms with Gasteiger partial charge in [-0.15, -0.1) is 23.1 Å². The smallest absolute Gasteiger partial charge is 0.257 e. The second-order valence-corrected chi connectivity index (χ2v) is 8.99. The SMILES string of the molecule is Cc1ccc(-c2csc(NC(=O)c3ccc4c(c3)NC(=O)C(C)S4)n2)cc1C. The molecular weight excluding hydrogens is 390 g/mol. The van der Waals surface area contributed by atoms with Crippen LogP contribution in [-0.2, 0) is 4.79 Å². The third kappa shape index (κ3) is 3.68. The van der Waals surface area contributed by atoms with Crippen LogP contribution >= 0.6 is 23.1 Å². The molecule has 3 aromatic rings. The second-order valence-electron chi connectivity index (χ2n) is 6.75. The van der Waals surface area contributed by atoms with E-state index in [1.54, 1.807) is 12.1 Å². The van der Waals surface area contributed by atoms with Gasteiger partial charge in [0.05, 0.1) is 16.6 Å². The molecule has 0 saturated heterocycles. The van der Waals surface area contributed by atoms with Crippen LogP contribution in [-0.4, -0.2) is 22.0 Å². The molecule has 0 aliphatic carbocycles. The summed E-state index contributed by atoms with van der Waals surface area (Å²) in [5.74, 6) is -0.297. The molecule has 1 aliphatic heterocycles. The van der Waals surface area contributed by atoms with E-state index in [2.05, 4.69) is 41.6 Å². The summed E-state index contributed by atoms with van der Waals surface area (Å²) in [7, 11) is 0. The first-order valence-corrected chi connectivity index (χ1v) is 10.6. The van der Waals surface area contributed by atoms with Crippen LogP contribution in [0, 0.1) is 13.8 Å². The Morgan fingerprint density at radius 1 is 1.14 bits per heavy atom. The summed E-state index contributed by atoms with van der Waals surface area (Å²) in [5.41, 5.74) is 5.47. The molecule has 0 bridgehead atoms. The topological polar surface area (TPSA) is 71.1 Å². The number of nitrogens with zero attached hydrogens (tertiary/aromatic N) is 1. The lowest BCUT2D eigenvalue weighted by Gasteiger charge is -2.21. The molecule has 1 aromatic heterocycles. The zero-order valence-corrected chi connectivity index (χ0v) is 17.3. The Kier molecular flexibility index (Phi) is 4.95. The average molecular weight is 410 g/mol. The third-order valence-corrected chi connectivity index (χ3v) is 6.64. The van der Waals surface area contributed by atoms with E-state index in [9.17, 15) is 9.59 Å². The highest BCUT2D eigenvalue weighted by atomic mass is 32.2. The van der Waals surface area contributed by atoms with Crippen LogP contribution in [0.1, 0.15) is 28.4 Å². The quantitative estimate of drug-likeness (QED) is 0.630. The van der Waals surface area contributed by atoms with Gasteiger partial charge in [0.2, 0.25) is 5.91 Å². The first-order chi connectivity index (χ1) is 13.4. The number of anilines is 2. The van der Waals surface area contributed by atoms with Crippen molar-refractivity contribution in [1.82, 2.24) is 4.98 Å². The number of amides is 2. The predicted molar refractivity (Wildman–Crippen MR) is 115 cm³/mol. The van der Waals surface area contributed by atoms with Crippen molar-refractivity contribution in [2.45, 2.75) is 30.9 Å². The number of benzene rings is 2. The van der Waals surface area contributed by atoms with Gasteiger partial charge in [0.1, 0.15) is 0 Å². The van der Waals surface area contributed by atoms with Crippen LogP contribution < -0.4 is 10.6 Å². The third-order valence-electron chi connectivity index (χ3n) is 4.70. The van der Waals surface area contributed by atoms with E-state index in [-0.39, 0.29) is 17.1 Å². The van der Waals surface area contributed by atoms with Crippen molar-refractivity contribution in [2.75, 3.05) is 10.6 Å². The maximum atomic E-state index is 12.6. The van der Waals surface area contributed by atoms with E-state index in [1.165, 1.54) is 34.2 Å². The minimum absolute atomic E-state index is 0.0481. The van der Waals surface area contributed by atoms with Crippen molar-refractivity contribution < 1.29 is 9.59 Å². The molecule has 28 heavy (non-hydrogen) atoms. The van der Waals surface area contributed by atoms with E-state index in [0.29, 0.717) is 16.4 Å². The van der Waals surface area contributed by atoms with Crippen LogP contribution in [0.5, 0.6) is 0 Å². The number of rotatable bonds is 3. The number of nitrogens with one attached hydrogen (secondary N) is 2. The Balaban J connectivity index is 1.52. The van der Waals surface area contributed by atoms with Crippen LogP contribution in [0.4, 0.5) is 10.8 Å². The largest absolute Gasteiger partial charge is 0.324 e.